The van der Waals surface area contributed by atoms with Gasteiger partial charge in [0.2, 0.25) is 10.0 Å². The minimum atomic E-state index is -3.48. The van der Waals surface area contributed by atoms with Gasteiger partial charge in [-0.1, -0.05) is 18.5 Å². The third kappa shape index (κ3) is 3.71. The van der Waals surface area contributed by atoms with Crippen molar-refractivity contribution >= 4 is 48.9 Å². The van der Waals surface area contributed by atoms with E-state index >= 15 is 0 Å². The predicted molar refractivity (Wildman–Crippen MR) is 82.4 cm³/mol. The second-order valence-electron chi connectivity index (χ2n) is 4.94. The van der Waals surface area contributed by atoms with Crippen molar-refractivity contribution < 1.29 is 8.42 Å². The summed E-state index contributed by atoms with van der Waals surface area (Å²) in [6.07, 6.45) is 0.831. The van der Waals surface area contributed by atoms with Crippen molar-refractivity contribution in [3.8, 4) is 0 Å². The number of hydrogen-bond acceptors (Lipinski definition) is 4. The monoisotopic (exact) mass is 386 g/mol. The Morgan fingerprint density at radius 3 is 2.79 bits per heavy atom. The van der Waals surface area contributed by atoms with E-state index in [9.17, 15) is 8.42 Å². The number of hydrogen-bond donors (Lipinski definition) is 1. The molecule has 2 unspecified atom stereocenters. The molecular formula is C11H16BrClN2O2S2. The molecule has 4 nitrogen and oxygen atoms in total. The van der Waals surface area contributed by atoms with Gasteiger partial charge in [-0.2, -0.15) is 0 Å². The SMILES string of the molecule is CC1CN(C)CCC1NS(=O)(=O)c1cc(Cl)c(Br)s1. The zero-order valence-corrected chi connectivity index (χ0v) is 14.7. The fourth-order valence-electron chi connectivity index (χ4n) is 2.25. The van der Waals surface area contributed by atoms with Gasteiger partial charge in [0.15, 0.2) is 0 Å². The van der Waals surface area contributed by atoms with Crippen LogP contribution in [-0.2, 0) is 10.0 Å². The second kappa shape index (κ2) is 5.99. The van der Waals surface area contributed by atoms with E-state index in [1.807, 2.05) is 0 Å². The lowest BCUT2D eigenvalue weighted by Crippen LogP contribution is -2.48. The molecule has 1 fully saturated rings. The van der Waals surface area contributed by atoms with Crippen molar-refractivity contribution in [1.82, 2.24) is 9.62 Å². The highest BCUT2D eigenvalue weighted by Crippen LogP contribution is 2.34. The molecule has 1 aromatic heterocycles. The summed E-state index contributed by atoms with van der Waals surface area (Å²) in [6, 6.07) is 1.47. The van der Waals surface area contributed by atoms with Gasteiger partial charge < -0.3 is 4.90 Å². The van der Waals surface area contributed by atoms with Gasteiger partial charge in [0.25, 0.3) is 0 Å². The first kappa shape index (κ1) is 15.7. The van der Waals surface area contributed by atoms with Crippen LogP contribution in [0.1, 0.15) is 13.3 Å². The number of rotatable bonds is 3. The zero-order chi connectivity index (χ0) is 14.2. The third-order valence-electron chi connectivity index (χ3n) is 3.30. The van der Waals surface area contributed by atoms with Gasteiger partial charge >= 0.3 is 0 Å². The normalized spacial score (nSPS) is 25.7. The number of likely N-dealkylation sites (tertiary alicyclic amines) is 1. The Morgan fingerprint density at radius 1 is 1.58 bits per heavy atom. The van der Waals surface area contributed by atoms with E-state index in [2.05, 4.69) is 39.5 Å². The van der Waals surface area contributed by atoms with Crippen LogP contribution in [0.4, 0.5) is 0 Å². The molecule has 1 aromatic rings. The molecule has 8 heteroatoms. The molecule has 0 saturated carbocycles. The van der Waals surface area contributed by atoms with Crippen LogP contribution in [0.2, 0.25) is 5.02 Å². The van der Waals surface area contributed by atoms with E-state index < -0.39 is 10.0 Å². The van der Waals surface area contributed by atoms with Crippen LogP contribution in [0.3, 0.4) is 0 Å². The van der Waals surface area contributed by atoms with Gasteiger partial charge in [-0.3, -0.25) is 0 Å². The van der Waals surface area contributed by atoms with E-state index in [-0.39, 0.29) is 10.3 Å². The van der Waals surface area contributed by atoms with Crippen LogP contribution in [0.25, 0.3) is 0 Å². The van der Waals surface area contributed by atoms with Crippen molar-refractivity contribution in [2.75, 3.05) is 20.1 Å². The first-order valence-corrected chi connectivity index (χ1v) is 9.42. The predicted octanol–water partition coefficient (Wildman–Crippen LogP) is 2.78. The smallest absolute Gasteiger partial charge is 0.250 e. The quantitative estimate of drug-likeness (QED) is 0.867. The number of sulfonamides is 1. The molecule has 0 aliphatic carbocycles. The van der Waals surface area contributed by atoms with Gasteiger partial charge in [-0.15, -0.1) is 11.3 Å². The standard InChI is InChI=1S/C11H16BrClN2O2S2/c1-7-6-15(2)4-3-9(7)14-19(16,17)10-5-8(13)11(12)18-10/h5,7,9,14H,3-4,6H2,1-2H3. The molecule has 108 valence electrons. The summed E-state index contributed by atoms with van der Waals surface area (Å²) < 4.78 is 28.3. The van der Waals surface area contributed by atoms with Crippen molar-refractivity contribution in [1.29, 1.82) is 0 Å². The van der Waals surface area contributed by atoms with Crippen LogP contribution in [0, 0.1) is 5.92 Å². The minimum absolute atomic E-state index is 0.0131. The molecule has 2 rings (SSSR count). The van der Waals surface area contributed by atoms with E-state index in [0.29, 0.717) is 14.7 Å². The Kier molecular flexibility index (Phi) is 4.96. The lowest BCUT2D eigenvalue weighted by molar-refractivity contribution is 0.188. The van der Waals surface area contributed by atoms with Gasteiger partial charge in [0, 0.05) is 12.6 Å². The fraction of sp³-hybridized carbons (Fsp3) is 0.636. The van der Waals surface area contributed by atoms with Gasteiger partial charge in [0.1, 0.15) is 4.21 Å². The second-order valence-corrected chi connectivity index (χ2v) is 9.66. The van der Waals surface area contributed by atoms with E-state index in [4.69, 9.17) is 11.6 Å². The summed E-state index contributed by atoms with van der Waals surface area (Å²) >= 11 is 10.3. The van der Waals surface area contributed by atoms with Crippen molar-refractivity contribution in [2.24, 2.45) is 5.92 Å². The molecule has 0 radical (unpaired) electrons. The topological polar surface area (TPSA) is 49.4 Å². The highest BCUT2D eigenvalue weighted by molar-refractivity contribution is 9.11. The highest BCUT2D eigenvalue weighted by atomic mass is 79.9. The van der Waals surface area contributed by atoms with Gasteiger partial charge in [-0.25, -0.2) is 13.1 Å². The molecule has 2 heterocycles. The van der Waals surface area contributed by atoms with E-state index in [1.165, 1.54) is 6.07 Å². The van der Waals surface area contributed by atoms with Crippen LogP contribution in [0.15, 0.2) is 14.1 Å². The molecular weight excluding hydrogens is 372 g/mol. The Labute approximate surface area is 131 Å². The average molecular weight is 388 g/mol. The number of nitrogens with zero attached hydrogens (tertiary/aromatic N) is 1. The maximum absolute atomic E-state index is 12.3. The molecule has 0 spiro atoms. The summed E-state index contributed by atoms with van der Waals surface area (Å²) in [5.74, 6) is 0.299. The molecule has 1 N–H and O–H groups in total. The Bertz CT molecular complexity index is 542. The Balaban J connectivity index is 2.13. The number of piperidine rings is 1. The van der Waals surface area contributed by atoms with Gasteiger partial charge in [0.05, 0.1) is 8.81 Å². The number of thiophene rings is 1. The first-order valence-electron chi connectivity index (χ1n) is 5.95. The number of nitrogens with one attached hydrogen (secondary N) is 1. The Hall–Kier alpha value is 0.340. The molecule has 1 saturated heterocycles. The summed E-state index contributed by atoms with van der Waals surface area (Å²) in [5.41, 5.74) is 0. The molecule has 0 aromatic carbocycles. The molecule has 0 amide bonds. The van der Waals surface area contributed by atoms with E-state index in [0.717, 1.165) is 30.8 Å². The maximum Gasteiger partial charge on any atom is 0.250 e. The molecule has 19 heavy (non-hydrogen) atoms. The third-order valence-corrected chi connectivity index (χ3v) is 7.74. The summed E-state index contributed by atoms with van der Waals surface area (Å²) in [5, 5.41) is 0.432. The maximum atomic E-state index is 12.3. The van der Waals surface area contributed by atoms with Crippen LogP contribution in [-0.4, -0.2) is 39.5 Å². The van der Waals surface area contributed by atoms with Crippen LogP contribution < -0.4 is 4.72 Å². The minimum Gasteiger partial charge on any atom is -0.306 e. The average Bonchev–Trinajstić information content (AvgIpc) is 2.64. The zero-order valence-electron chi connectivity index (χ0n) is 10.7. The highest BCUT2D eigenvalue weighted by Gasteiger charge is 2.29. The number of halogens is 2. The summed E-state index contributed by atoms with van der Waals surface area (Å²) in [4.78, 5) is 2.22. The van der Waals surface area contributed by atoms with Crippen LogP contribution in [0.5, 0.6) is 0 Å². The van der Waals surface area contributed by atoms with Gasteiger partial charge in [-0.05, 0) is 47.9 Å². The molecule has 1 aliphatic rings. The summed E-state index contributed by atoms with van der Waals surface area (Å²) in [6.45, 7) is 3.88. The molecule has 2 atom stereocenters. The van der Waals surface area contributed by atoms with Crippen LogP contribution >= 0.6 is 38.9 Å². The first-order chi connectivity index (χ1) is 8.79. The van der Waals surface area contributed by atoms with Crippen molar-refractivity contribution in [3.05, 3.63) is 14.9 Å². The molecule has 0 bridgehead atoms. The lowest BCUT2D eigenvalue weighted by Gasteiger charge is -2.34. The van der Waals surface area contributed by atoms with Crippen molar-refractivity contribution in [2.45, 2.75) is 23.6 Å². The van der Waals surface area contributed by atoms with Crippen molar-refractivity contribution in [3.63, 3.8) is 0 Å². The van der Waals surface area contributed by atoms with E-state index in [1.54, 1.807) is 0 Å². The fourth-order valence-corrected chi connectivity index (χ4v) is 6.04. The summed E-state index contributed by atoms with van der Waals surface area (Å²) in [7, 11) is -1.42. The molecule has 1 aliphatic heterocycles. The Morgan fingerprint density at radius 2 is 2.26 bits per heavy atom. The lowest BCUT2D eigenvalue weighted by atomic mass is 9.95. The largest absolute Gasteiger partial charge is 0.306 e.